The van der Waals surface area contributed by atoms with Gasteiger partial charge in [-0.25, -0.2) is 4.98 Å². The zero-order valence-corrected chi connectivity index (χ0v) is 16.9. The summed E-state index contributed by atoms with van der Waals surface area (Å²) in [6, 6.07) is 16.9. The van der Waals surface area contributed by atoms with E-state index < -0.39 is 0 Å². The summed E-state index contributed by atoms with van der Waals surface area (Å²) in [5.41, 5.74) is 2.69. The Balaban J connectivity index is 1.73. The van der Waals surface area contributed by atoms with Crippen LogP contribution >= 0.6 is 23.4 Å². The molecule has 1 aromatic heterocycles. The van der Waals surface area contributed by atoms with Crippen LogP contribution in [0.15, 0.2) is 72.1 Å². The number of nitrogens with zero attached hydrogens (tertiary/aromatic N) is 2. The lowest BCUT2D eigenvalue weighted by Crippen LogP contribution is -2.23. The number of rotatable bonds is 8. The van der Waals surface area contributed by atoms with E-state index in [4.69, 9.17) is 11.6 Å². The highest BCUT2D eigenvalue weighted by molar-refractivity contribution is 8.00. The van der Waals surface area contributed by atoms with Gasteiger partial charge in [0, 0.05) is 33.6 Å². The minimum absolute atomic E-state index is 0.149. The van der Waals surface area contributed by atoms with Gasteiger partial charge in [-0.1, -0.05) is 48.9 Å². The molecule has 0 fully saturated rings. The van der Waals surface area contributed by atoms with Crippen molar-refractivity contribution in [3.05, 3.63) is 83.4 Å². The quantitative estimate of drug-likeness (QED) is 0.417. The van der Waals surface area contributed by atoms with Crippen molar-refractivity contribution in [3.63, 3.8) is 0 Å². The molecule has 0 amide bonds. The molecule has 136 valence electrons. The number of aromatic nitrogens is 2. The van der Waals surface area contributed by atoms with Gasteiger partial charge in [0.05, 0.1) is 6.33 Å². The number of hydrogen-bond donors (Lipinski definition) is 0. The van der Waals surface area contributed by atoms with Crippen molar-refractivity contribution in [1.29, 1.82) is 0 Å². The third kappa shape index (κ3) is 5.39. The van der Waals surface area contributed by atoms with Gasteiger partial charge >= 0.3 is 0 Å². The highest BCUT2D eigenvalue weighted by Gasteiger charge is 2.26. The Morgan fingerprint density at radius 2 is 1.85 bits per heavy atom. The molecule has 0 spiro atoms. The summed E-state index contributed by atoms with van der Waals surface area (Å²) in [4.78, 5) is 5.54. The number of hydrogen-bond acceptors (Lipinski definition) is 2. The van der Waals surface area contributed by atoms with Crippen LogP contribution in [0.3, 0.4) is 0 Å². The first-order chi connectivity index (χ1) is 12.5. The summed E-state index contributed by atoms with van der Waals surface area (Å²) in [5.74, 6) is 0. The van der Waals surface area contributed by atoms with E-state index in [0.717, 1.165) is 30.8 Å². The lowest BCUT2D eigenvalue weighted by Gasteiger charge is -2.30. The third-order valence-corrected chi connectivity index (χ3v) is 6.59. The molecule has 0 radical (unpaired) electrons. The van der Waals surface area contributed by atoms with Gasteiger partial charge in [0.25, 0.3) is 0 Å². The predicted molar refractivity (Wildman–Crippen MR) is 112 cm³/mol. The van der Waals surface area contributed by atoms with Gasteiger partial charge < -0.3 is 4.57 Å². The molecule has 2 aromatic carbocycles. The van der Waals surface area contributed by atoms with Crippen LogP contribution in [0.5, 0.6) is 0 Å². The van der Waals surface area contributed by atoms with E-state index in [2.05, 4.69) is 59.8 Å². The van der Waals surface area contributed by atoms with Crippen molar-refractivity contribution in [2.24, 2.45) is 0 Å². The first-order valence-electron chi connectivity index (χ1n) is 8.99. The number of benzene rings is 2. The van der Waals surface area contributed by atoms with Crippen molar-refractivity contribution < 1.29 is 0 Å². The van der Waals surface area contributed by atoms with E-state index in [1.165, 1.54) is 16.0 Å². The Labute approximate surface area is 165 Å². The fraction of sp³-hybridized carbons (Fsp3) is 0.318. The molecule has 1 atom stereocenters. The molecule has 0 N–H and O–H groups in total. The van der Waals surface area contributed by atoms with Gasteiger partial charge in [0.2, 0.25) is 0 Å². The molecule has 1 heterocycles. The second kappa shape index (κ2) is 8.79. The van der Waals surface area contributed by atoms with Gasteiger partial charge in [-0.3, -0.25) is 0 Å². The Morgan fingerprint density at radius 1 is 1.08 bits per heavy atom. The SMILES string of the molecule is Cc1ccccc1SC(C)(CCc1ccc(Cl)cc1)CCn1ccnc1. The zero-order valence-electron chi connectivity index (χ0n) is 15.4. The number of thioether (sulfide) groups is 1. The lowest BCUT2D eigenvalue weighted by molar-refractivity contribution is 0.492. The van der Waals surface area contributed by atoms with Crippen LogP contribution in [-0.4, -0.2) is 14.3 Å². The van der Waals surface area contributed by atoms with Crippen molar-refractivity contribution >= 4 is 23.4 Å². The average Bonchev–Trinajstić information content (AvgIpc) is 3.16. The Bertz CT molecular complexity index is 814. The molecule has 0 saturated heterocycles. The van der Waals surface area contributed by atoms with Crippen LogP contribution in [0.4, 0.5) is 0 Å². The summed E-state index contributed by atoms with van der Waals surface area (Å²) < 4.78 is 2.31. The van der Waals surface area contributed by atoms with Crippen molar-refractivity contribution in [2.45, 2.75) is 49.3 Å². The van der Waals surface area contributed by atoms with E-state index in [-0.39, 0.29) is 4.75 Å². The van der Waals surface area contributed by atoms with Crippen LogP contribution in [0.25, 0.3) is 0 Å². The maximum atomic E-state index is 6.02. The van der Waals surface area contributed by atoms with Crippen molar-refractivity contribution in [3.8, 4) is 0 Å². The van der Waals surface area contributed by atoms with Crippen molar-refractivity contribution in [2.75, 3.05) is 0 Å². The number of aryl methyl sites for hydroxylation is 3. The van der Waals surface area contributed by atoms with E-state index in [1.807, 2.05) is 42.6 Å². The Morgan fingerprint density at radius 3 is 2.54 bits per heavy atom. The van der Waals surface area contributed by atoms with E-state index in [1.54, 1.807) is 0 Å². The molecule has 3 aromatic rings. The Hall–Kier alpha value is -1.71. The second-order valence-electron chi connectivity index (χ2n) is 6.99. The van der Waals surface area contributed by atoms with Crippen molar-refractivity contribution in [1.82, 2.24) is 9.55 Å². The van der Waals surface area contributed by atoms with Crippen LogP contribution in [0, 0.1) is 6.92 Å². The third-order valence-electron chi connectivity index (χ3n) is 4.76. The van der Waals surface area contributed by atoms with Gasteiger partial charge in [-0.05, 0) is 55.5 Å². The fourth-order valence-electron chi connectivity index (χ4n) is 3.01. The summed E-state index contributed by atoms with van der Waals surface area (Å²) >= 11 is 8.02. The molecular formula is C22H25ClN2S. The lowest BCUT2D eigenvalue weighted by atomic mass is 9.97. The molecule has 0 bridgehead atoms. The zero-order chi connectivity index (χ0) is 18.4. The molecule has 1 unspecified atom stereocenters. The molecule has 0 aliphatic heterocycles. The van der Waals surface area contributed by atoms with Gasteiger partial charge in [0.1, 0.15) is 0 Å². The minimum atomic E-state index is 0.149. The fourth-order valence-corrected chi connectivity index (χ4v) is 4.44. The highest BCUT2D eigenvalue weighted by Crippen LogP contribution is 2.40. The number of halogens is 1. The summed E-state index contributed by atoms with van der Waals surface area (Å²) in [6.45, 7) is 5.56. The summed E-state index contributed by atoms with van der Waals surface area (Å²) in [5, 5.41) is 0.797. The largest absolute Gasteiger partial charge is 0.337 e. The molecule has 0 saturated carbocycles. The van der Waals surface area contributed by atoms with E-state index >= 15 is 0 Å². The minimum Gasteiger partial charge on any atom is -0.337 e. The van der Waals surface area contributed by atoms with Gasteiger partial charge in [0.15, 0.2) is 0 Å². The van der Waals surface area contributed by atoms with Crippen LogP contribution in [0.2, 0.25) is 5.02 Å². The van der Waals surface area contributed by atoms with Gasteiger partial charge in [-0.2, -0.15) is 0 Å². The normalized spacial score (nSPS) is 13.5. The summed E-state index contributed by atoms with van der Waals surface area (Å²) in [7, 11) is 0. The van der Waals surface area contributed by atoms with E-state index in [0.29, 0.717) is 0 Å². The first-order valence-corrected chi connectivity index (χ1v) is 10.2. The van der Waals surface area contributed by atoms with E-state index in [9.17, 15) is 0 Å². The summed E-state index contributed by atoms with van der Waals surface area (Å²) in [6.07, 6.45) is 9.05. The van der Waals surface area contributed by atoms with Crippen LogP contribution in [0.1, 0.15) is 30.9 Å². The van der Waals surface area contributed by atoms with Gasteiger partial charge in [-0.15, -0.1) is 11.8 Å². The molecule has 26 heavy (non-hydrogen) atoms. The van der Waals surface area contributed by atoms with Crippen LogP contribution < -0.4 is 0 Å². The second-order valence-corrected chi connectivity index (χ2v) is 9.06. The molecule has 2 nitrogen and oxygen atoms in total. The average molecular weight is 385 g/mol. The standard InChI is InChI=1S/C22H25ClN2S/c1-18-5-3-4-6-21(18)26-22(2,13-15-25-16-14-24-17-25)12-11-19-7-9-20(23)10-8-19/h3-10,14,16-17H,11-13,15H2,1-2H3. The van der Waals surface area contributed by atoms with Crippen LogP contribution in [-0.2, 0) is 13.0 Å². The topological polar surface area (TPSA) is 17.8 Å². The molecular weight excluding hydrogens is 360 g/mol. The Kier molecular flexibility index (Phi) is 6.44. The maximum Gasteiger partial charge on any atom is 0.0945 e. The molecule has 0 aliphatic rings. The number of imidazole rings is 1. The smallest absolute Gasteiger partial charge is 0.0945 e. The first kappa shape index (κ1) is 19.1. The molecule has 3 rings (SSSR count). The predicted octanol–water partition coefficient (Wildman–Crippen LogP) is 6.42. The highest BCUT2D eigenvalue weighted by atomic mass is 35.5. The molecule has 4 heteroatoms. The monoisotopic (exact) mass is 384 g/mol. The molecule has 0 aliphatic carbocycles. The maximum absolute atomic E-state index is 6.02.